The molecule has 1 atom stereocenters. The Morgan fingerprint density at radius 3 is 2.27 bits per heavy atom. The van der Waals surface area contributed by atoms with E-state index >= 15 is 0 Å². The van der Waals surface area contributed by atoms with E-state index in [9.17, 15) is 0 Å². The first kappa shape index (κ1) is 10.5. The summed E-state index contributed by atoms with van der Waals surface area (Å²) in [6.07, 6.45) is 0.408. The van der Waals surface area contributed by atoms with Gasteiger partial charge in [-0.1, -0.05) is 6.58 Å². The van der Waals surface area contributed by atoms with Crippen LogP contribution in [-0.4, -0.2) is 18.8 Å². The van der Waals surface area contributed by atoms with Crippen molar-refractivity contribution in [2.45, 2.75) is 39.9 Å². The average molecular weight is 158 g/mol. The van der Waals surface area contributed by atoms with Gasteiger partial charge in [0.05, 0.1) is 18.0 Å². The van der Waals surface area contributed by atoms with Crippen LogP contribution in [0.5, 0.6) is 0 Å². The number of allylic oxidation sites excluding steroid dienone is 1. The average Bonchev–Trinajstić information content (AvgIpc) is 1.82. The van der Waals surface area contributed by atoms with Crippen LogP contribution in [0.2, 0.25) is 0 Å². The number of hydrogen-bond donors (Lipinski definition) is 0. The molecule has 0 heterocycles. The predicted octanol–water partition coefficient (Wildman–Crippen LogP) is 2.35. The quantitative estimate of drug-likeness (QED) is 0.572. The Labute approximate surface area is 69.2 Å². The first-order valence-electron chi connectivity index (χ1n) is 3.96. The van der Waals surface area contributed by atoms with Crippen molar-refractivity contribution in [2.75, 3.05) is 6.61 Å². The van der Waals surface area contributed by atoms with E-state index in [1.807, 2.05) is 27.7 Å². The van der Waals surface area contributed by atoms with Gasteiger partial charge in [0, 0.05) is 0 Å². The third kappa shape index (κ3) is 7.40. The van der Waals surface area contributed by atoms with Crippen molar-refractivity contribution in [1.82, 2.24) is 0 Å². The van der Waals surface area contributed by atoms with E-state index in [0.29, 0.717) is 6.61 Å². The molecule has 0 aliphatic carbocycles. The molecule has 0 spiro atoms. The fourth-order valence-corrected chi connectivity index (χ4v) is 0.764. The van der Waals surface area contributed by atoms with Crippen molar-refractivity contribution in [3.63, 3.8) is 0 Å². The Kier molecular flexibility index (Phi) is 4.95. The first-order valence-corrected chi connectivity index (χ1v) is 3.96. The molecule has 2 heteroatoms. The molecule has 0 aliphatic rings. The minimum absolute atomic E-state index is 0.145. The third-order valence-electron chi connectivity index (χ3n) is 1.07. The molecule has 0 aromatic heterocycles. The van der Waals surface area contributed by atoms with Gasteiger partial charge in [-0.15, -0.1) is 0 Å². The summed E-state index contributed by atoms with van der Waals surface area (Å²) in [4.78, 5) is 0. The van der Waals surface area contributed by atoms with Gasteiger partial charge in [0.15, 0.2) is 0 Å². The lowest BCUT2D eigenvalue weighted by molar-refractivity contribution is -0.0199. The summed E-state index contributed by atoms with van der Waals surface area (Å²) in [6.45, 7) is 12.1. The van der Waals surface area contributed by atoms with Crippen LogP contribution in [0.25, 0.3) is 0 Å². The van der Waals surface area contributed by atoms with Crippen LogP contribution in [0.1, 0.15) is 27.7 Å². The van der Waals surface area contributed by atoms with E-state index < -0.39 is 0 Å². The van der Waals surface area contributed by atoms with E-state index in [4.69, 9.17) is 9.47 Å². The highest BCUT2D eigenvalue weighted by Crippen LogP contribution is 2.00. The van der Waals surface area contributed by atoms with Crippen LogP contribution in [0.15, 0.2) is 12.3 Å². The molecule has 2 nitrogen and oxygen atoms in total. The Bertz CT molecular complexity index is 119. The Balaban J connectivity index is 3.37. The van der Waals surface area contributed by atoms with Crippen molar-refractivity contribution in [2.24, 2.45) is 0 Å². The summed E-state index contributed by atoms with van der Waals surface area (Å²) in [7, 11) is 0. The van der Waals surface area contributed by atoms with Crippen LogP contribution < -0.4 is 0 Å². The van der Waals surface area contributed by atoms with Gasteiger partial charge in [0.2, 0.25) is 0 Å². The van der Waals surface area contributed by atoms with Crippen molar-refractivity contribution in [1.29, 1.82) is 0 Å². The number of hydrogen-bond acceptors (Lipinski definition) is 2. The molecule has 0 N–H and O–H groups in total. The zero-order valence-corrected chi connectivity index (χ0v) is 7.89. The fraction of sp³-hybridized carbons (Fsp3) is 0.778. The smallest absolute Gasteiger partial charge is 0.114 e. The Hall–Kier alpha value is -0.500. The molecule has 0 amide bonds. The zero-order chi connectivity index (χ0) is 8.85. The summed E-state index contributed by atoms with van der Waals surface area (Å²) in [5.74, 6) is 0.740. The standard InChI is InChI=1S/C9H18O2/c1-7(2)10-6-9(5)11-8(3)4/h8-9H,1,6H2,2-5H3. The van der Waals surface area contributed by atoms with Crippen molar-refractivity contribution >= 4 is 0 Å². The second-order valence-electron chi connectivity index (χ2n) is 3.01. The van der Waals surface area contributed by atoms with E-state index in [0.717, 1.165) is 5.76 Å². The van der Waals surface area contributed by atoms with Crippen LogP contribution in [0.4, 0.5) is 0 Å². The molecule has 0 aliphatic heterocycles. The van der Waals surface area contributed by atoms with Gasteiger partial charge in [-0.25, -0.2) is 0 Å². The normalized spacial score (nSPS) is 13.2. The van der Waals surface area contributed by atoms with Crippen molar-refractivity contribution in [3.05, 3.63) is 12.3 Å². The van der Waals surface area contributed by atoms with Crippen LogP contribution in [-0.2, 0) is 9.47 Å². The van der Waals surface area contributed by atoms with Gasteiger partial charge in [-0.2, -0.15) is 0 Å². The lowest BCUT2D eigenvalue weighted by atomic mass is 10.4. The van der Waals surface area contributed by atoms with Crippen LogP contribution in [0, 0.1) is 0 Å². The van der Waals surface area contributed by atoms with Crippen LogP contribution >= 0.6 is 0 Å². The lowest BCUT2D eigenvalue weighted by Gasteiger charge is -2.16. The molecule has 1 unspecified atom stereocenters. The maximum Gasteiger partial charge on any atom is 0.114 e. The maximum atomic E-state index is 5.43. The fourth-order valence-electron chi connectivity index (χ4n) is 0.764. The second-order valence-corrected chi connectivity index (χ2v) is 3.01. The summed E-state index contributed by atoms with van der Waals surface area (Å²) < 4.78 is 10.6. The summed E-state index contributed by atoms with van der Waals surface area (Å²) in [5.41, 5.74) is 0. The SMILES string of the molecule is C=C(C)OCC(C)OC(C)C. The minimum atomic E-state index is 0.145. The van der Waals surface area contributed by atoms with Gasteiger partial charge in [0.25, 0.3) is 0 Å². The molecular weight excluding hydrogens is 140 g/mol. The molecule has 0 fully saturated rings. The molecular formula is C9H18O2. The van der Waals surface area contributed by atoms with Crippen molar-refractivity contribution in [3.8, 4) is 0 Å². The minimum Gasteiger partial charge on any atom is -0.496 e. The van der Waals surface area contributed by atoms with Gasteiger partial charge in [-0.3, -0.25) is 0 Å². The molecule has 0 aromatic rings. The topological polar surface area (TPSA) is 18.5 Å². The molecule has 11 heavy (non-hydrogen) atoms. The van der Waals surface area contributed by atoms with Gasteiger partial charge >= 0.3 is 0 Å². The summed E-state index contributed by atoms with van der Waals surface area (Å²) >= 11 is 0. The second kappa shape index (κ2) is 5.19. The van der Waals surface area contributed by atoms with Gasteiger partial charge in [-0.05, 0) is 27.7 Å². The lowest BCUT2D eigenvalue weighted by Crippen LogP contribution is -2.19. The number of ether oxygens (including phenoxy) is 2. The zero-order valence-electron chi connectivity index (χ0n) is 7.89. The van der Waals surface area contributed by atoms with E-state index in [-0.39, 0.29) is 12.2 Å². The largest absolute Gasteiger partial charge is 0.496 e. The molecule has 0 radical (unpaired) electrons. The Morgan fingerprint density at radius 2 is 1.91 bits per heavy atom. The molecule has 0 saturated heterocycles. The van der Waals surface area contributed by atoms with Gasteiger partial charge in [0.1, 0.15) is 6.61 Å². The van der Waals surface area contributed by atoms with Gasteiger partial charge < -0.3 is 9.47 Å². The van der Waals surface area contributed by atoms with Crippen molar-refractivity contribution < 1.29 is 9.47 Å². The molecule has 0 rings (SSSR count). The number of rotatable bonds is 5. The maximum absolute atomic E-state index is 5.43. The Morgan fingerprint density at radius 1 is 1.36 bits per heavy atom. The summed E-state index contributed by atoms with van der Waals surface area (Å²) in [6, 6.07) is 0. The first-order chi connectivity index (χ1) is 5.02. The van der Waals surface area contributed by atoms with E-state index in [1.165, 1.54) is 0 Å². The summed E-state index contributed by atoms with van der Waals surface area (Å²) in [5, 5.41) is 0. The predicted molar refractivity (Wildman–Crippen MR) is 46.4 cm³/mol. The third-order valence-corrected chi connectivity index (χ3v) is 1.07. The molecule has 0 bridgehead atoms. The molecule has 0 saturated carbocycles. The monoisotopic (exact) mass is 158 g/mol. The molecule has 66 valence electrons. The van der Waals surface area contributed by atoms with Crippen LogP contribution in [0.3, 0.4) is 0 Å². The highest BCUT2D eigenvalue weighted by molar-refractivity contribution is 4.74. The van der Waals surface area contributed by atoms with E-state index in [2.05, 4.69) is 6.58 Å². The molecule has 0 aromatic carbocycles. The highest BCUT2D eigenvalue weighted by atomic mass is 16.5. The van der Waals surface area contributed by atoms with E-state index in [1.54, 1.807) is 0 Å². The highest BCUT2D eigenvalue weighted by Gasteiger charge is 2.04.